The van der Waals surface area contributed by atoms with Crippen LogP contribution in [0.15, 0.2) is 35.4 Å². The van der Waals surface area contributed by atoms with Crippen molar-refractivity contribution in [3.05, 3.63) is 46.3 Å². The number of benzene rings is 1. The number of fused-ring (bicyclic) bond motifs is 1. The summed E-state index contributed by atoms with van der Waals surface area (Å²) in [6.07, 6.45) is -2.58. The molecule has 8 heteroatoms. The molecule has 1 aromatic rings. The fraction of sp³-hybridized carbons (Fsp3) is 0.600. The molecular weight excluding hydrogens is 302 g/mol. The Balaban J connectivity index is 1.84. The summed E-state index contributed by atoms with van der Waals surface area (Å²) in [5.41, 5.74) is 9.80. The van der Waals surface area contributed by atoms with E-state index in [0.29, 0.717) is 6.61 Å². The molecule has 0 amide bonds. The maximum absolute atomic E-state index is 8.90. The van der Waals surface area contributed by atoms with Gasteiger partial charge >= 0.3 is 0 Å². The topological polar surface area (TPSA) is 94.9 Å². The molecule has 2 fully saturated rings. The van der Waals surface area contributed by atoms with Crippen LogP contribution in [0, 0.1) is 0 Å². The second-order valence-corrected chi connectivity index (χ2v) is 5.35. The van der Waals surface area contributed by atoms with Gasteiger partial charge in [0.05, 0.1) is 12.6 Å². The van der Waals surface area contributed by atoms with E-state index in [2.05, 4.69) is 10.0 Å². The lowest BCUT2D eigenvalue weighted by atomic mass is 9.95. The molecule has 2 saturated heterocycles. The van der Waals surface area contributed by atoms with Crippen molar-refractivity contribution in [2.24, 2.45) is 5.11 Å². The first kappa shape index (κ1) is 16.2. The molecule has 0 bridgehead atoms. The predicted octanol–water partition coefficient (Wildman–Crippen LogP) is 2.17. The molecule has 3 rings (SSSR count). The Hall–Kier alpha value is -1.67. The van der Waals surface area contributed by atoms with Crippen molar-refractivity contribution >= 4 is 0 Å². The zero-order valence-corrected chi connectivity index (χ0v) is 12.9. The lowest BCUT2D eigenvalue weighted by molar-refractivity contribution is -0.340. The van der Waals surface area contributed by atoms with Crippen molar-refractivity contribution in [1.82, 2.24) is 0 Å². The number of nitrogens with zero attached hydrogens (tertiary/aromatic N) is 3. The molecule has 2 heterocycles. The highest BCUT2D eigenvalue weighted by molar-refractivity contribution is 5.16. The van der Waals surface area contributed by atoms with Crippen LogP contribution in [0.4, 0.5) is 0 Å². The first-order chi connectivity index (χ1) is 11.3. The second kappa shape index (κ2) is 7.27. The van der Waals surface area contributed by atoms with Crippen LogP contribution < -0.4 is 0 Å². The largest absolute Gasteiger partial charge is 0.376 e. The molecule has 0 radical (unpaired) electrons. The lowest BCUT2D eigenvalue weighted by Crippen LogP contribution is -2.61. The first-order valence-electron chi connectivity index (χ1n) is 7.35. The van der Waals surface area contributed by atoms with Crippen LogP contribution in [0.3, 0.4) is 0 Å². The van der Waals surface area contributed by atoms with Gasteiger partial charge < -0.3 is 23.7 Å². The van der Waals surface area contributed by atoms with Gasteiger partial charge in [-0.1, -0.05) is 35.4 Å². The molecule has 0 N–H and O–H groups in total. The normalized spacial score (nSPS) is 36.8. The molecule has 0 aliphatic carbocycles. The number of hydrogen-bond donors (Lipinski definition) is 0. The molecular formula is C15H19N3O5. The highest BCUT2D eigenvalue weighted by Gasteiger charge is 2.50. The standard InChI is InChI=1S/C15H19N3O5/c1-19-13-11(17-18-16)12-10(22-15(13)20-2)8-21-14(23-12)9-6-4-3-5-7-9/h3-7,10-15H,8H2,1-2H3/t10-,11+,12+,13-,14?,15+/m1/s1. The van der Waals surface area contributed by atoms with Crippen LogP contribution in [0.1, 0.15) is 11.9 Å². The van der Waals surface area contributed by atoms with Crippen LogP contribution in [-0.2, 0) is 23.7 Å². The van der Waals surface area contributed by atoms with Gasteiger partial charge in [0.25, 0.3) is 0 Å². The van der Waals surface area contributed by atoms with E-state index in [4.69, 9.17) is 29.2 Å². The van der Waals surface area contributed by atoms with Gasteiger partial charge in [-0.2, -0.15) is 0 Å². The smallest absolute Gasteiger partial charge is 0.184 e. The van der Waals surface area contributed by atoms with Crippen molar-refractivity contribution in [3.8, 4) is 0 Å². The minimum Gasteiger partial charge on any atom is -0.376 e. The summed E-state index contributed by atoms with van der Waals surface area (Å²) in [7, 11) is 3.04. The maximum Gasteiger partial charge on any atom is 0.184 e. The Kier molecular flexibility index (Phi) is 5.12. The van der Waals surface area contributed by atoms with E-state index in [0.717, 1.165) is 5.56 Å². The van der Waals surface area contributed by atoms with Gasteiger partial charge in [-0.15, -0.1) is 0 Å². The van der Waals surface area contributed by atoms with Gasteiger partial charge in [-0.3, -0.25) is 0 Å². The zero-order chi connectivity index (χ0) is 16.2. The number of ether oxygens (including phenoxy) is 5. The van der Waals surface area contributed by atoms with Gasteiger partial charge in [0.2, 0.25) is 0 Å². The fourth-order valence-electron chi connectivity index (χ4n) is 2.98. The summed E-state index contributed by atoms with van der Waals surface area (Å²) in [5, 5.41) is 3.86. The second-order valence-electron chi connectivity index (χ2n) is 5.35. The molecule has 124 valence electrons. The summed E-state index contributed by atoms with van der Waals surface area (Å²) in [5.74, 6) is 0. The Morgan fingerprint density at radius 3 is 2.61 bits per heavy atom. The van der Waals surface area contributed by atoms with Gasteiger partial charge in [0.15, 0.2) is 12.6 Å². The minimum absolute atomic E-state index is 0.317. The Labute approximate surface area is 133 Å². The molecule has 8 nitrogen and oxygen atoms in total. The summed E-state index contributed by atoms with van der Waals surface area (Å²) in [6, 6.07) is 9.02. The third kappa shape index (κ3) is 3.18. The van der Waals surface area contributed by atoms with Crippen molar-refractivity contribution in [3.63, 3.8) is 0 Å². The summed E-state index contributed by atoms with van der Waals surface area (Å²) >= 11 is 0. The van der Waals surface area contributed by atoms with Crippen LogP contribution >= 0.6 is 0 Å². The molecule has 1 unspecified atom stereocenters. The number of azide groups is 1. The number of rotatable bonds is 4. The van der Waals surface area contributed by atoms with E-state index in [9.17, 15) is 0 Å². The van der Waals surface area contributed by atoms with Gasteiger partial charge in [-0.05, 0) is 5.53 Å². The molecule has 2 aliphatic rings. The molecule has 6 atom stereocenters. The van der Waals surface area contributed by atoms with E-state index < -0.39 is 30.8 Å². The van der Waals surface area contributed by atoms with E-state index in [1.54, 1.807) is 0 Å². The number of hydrogen-bond acceptors (Lipinski definition) is 6. The van der Waals surface area contributed by atoms with Crippen LogP contribution in [0.2, 0.25) is 0 Å². The van der Waals surface area contributed by atoms with Crippen LogP contribution in [-0.4, -0.2) is 51.5 Å². The fourth-order valence-corrected chi connectivity index (χ4v) is 2.98. The van der Waals surface area contributed by atoms with E-state index in [-0.39, 0.29) is 6.10 Å². The summed E-state index contributed by atoms with van der Waals surface area (Å²) in [4.78, 5) is 2.93. The van der Waals surface area contributed by atoms with Crippen LogP contribution in [0.5, 0.6) is 0 Å². The SMILES string of the molecule is CO[C@H]1O[C@@H]2COC(c3ccccc3)O[C@@H]2[C@H](N=[N+]=[N-])[C@H]1OC. The summed E-state index contributed by atoms with van der Waals surface area (Å²) < 4.78 is 28.3. The molecule has 0 aromatic heterocycles. The zero-order valence-electron chi connectivity index (χ0n) is 12.9. The van der Waals surface area contributed by atoms with E-state index in [1.165, 1.54) is 14.2 Å². The Morgan fingerprint density at radius 2 is 1.96 bits per heavy atom. The molecule has 1 aromatic carbocycles. The van der Waals surface area contributed by atoms with Crippen molar-refractivity contribution in [1.29, 1.82) is 0 Å². The Bertz CT molecular complexity index is 565. The van der Waals surface area contributed by atoms with Gasteiger partial charge in [0.1, 0.15) is 18.3 Å². The maximum atomic E-state index is 8.90. The highest BCUT2D eigenvalue weighted by atomic mass is 16.7. The molecule has 23 heavy (non-hydrogen) atoms. The molecule has 0 saturated carbocycles. The van der Waals surface area contributed by atoms with E-state index >= 15 is 0 Å². The monoisotopic (exact) mass is 321 g/mol. The third-order valence-electron chi connectivity index (χ3n) is 4.07. The Morgan fingerprint density at radius 1 is 1.17 bits per heavy atom. The van der Waals surface area contributed by atoms with Crippen molar-refractivity contribution in [2.75, 3.05) is 20.8 Å². The minimum atomic E-state index is -0.641. The molecule has 2 aliphatic heterocycles. The lowest BCUT2D eigenvalue weighted by Gasteiger charge is -2.47. The average molecular weight is 321 g/mol. The predicted molar refractivity (Wildman–Crippen MR) is 79.4 cm³/mol. The van der Waals surface area contributed by atoms with Crippen LogP contribution in [0.25, 0.3) is 10.4 Å². The van der Waals surface area contributed by atoms with Crippen molar-refractivity contribution in [2.45, 2.75) is 36.9 Å². The van der Waals surface area contributed by atoms with Gasteiger partial charge in [-0.25, -0.2) is 0 Å². The highest BCUT2D eigenvalue weighted by Crippen LogP contribution is 2.36. The number of methoxy groups -OCH3 is 2. The third-order valence-corrected chi connectivity index (χ3v) is 4.07. The molecule has 0 spiro atoms. The van der Waals surface area contributed by atoms with Crippen molar-refractivity contribution < 1.29 is 23.7 Å². The van der Waals surface area contributed by atoms with Gasteiger partial charge in [0, 0.05) is 24.7 Å². The first-order valence-corrected chi connectivity index (χ1v) is 7.35. The van der Waals surface area contributed by atoms with E-state index in [1.807, 2.05) is 30.3 Å². The quantitative estimate of drug-likeness (QED) is 0.481. The average Bonchev–Trinajstić information content (AvgIpc) is 2.62. The summed E-state index contributed by atoms with van der Waals surface area (Å²) in [6.45, 7) is 0.317.